The summed E-state index contributed by atoms with van der Waals surface area (Å²) in [7, 11) is 0. The van der Waals surface area contributed by atoms with Gasteiger partial charge in [-0.25, -0.2) is 4.79 Å². The molecule has 0 spiro atoms. The van der Waals surface area contributed by atoms with Gasteiger partial charge in [0.25, 0.3) is 0 Å². The van der Waals surface area contributed by atoms with Crippen LogP contribution in [0.25, 0.3) is 0 Å². The molecule has 3 rings (SSSR count). The van der Waals surface area contributed by atoms with Crippen molar-refractivity contribution in [2.24, 2.45) is 0 Å². The Balaban J connectivity index is 1.58. The molecule has 3 aromatic rings. The van der Waals surface area contributed by atoms with E-state index in [1.54, 1.807) is 6.07 Å². The molecule has 0 fully saturated rings. The third kappa shape index (κ3) is 3.92. The zero-order chi connectivity index (χ0) is 16.8. The second-order valence-corrected chi connectivity index (χ2v) is 4.90. The molecule has 0 aliphatic heterocycles. The van der Waals surface area contributed by atoms with Crippen molar-refractivity contribution in [1.82, 2.24) is 0 Å². The van der Waals surface area contributed by atoms with Crippen molar-refractivity contribution >= 4 is 5.97 Å². The van der Waals surface area contributed by atoms with E-state index in [4.69, 9.17) is 18.3 Å². The lowest BCUT2D eigenvalue weighted by Gasteiger charge is -2.06. The number of hydrogen-bond donors (Lipinski definition) is 0. The summed E-state index contributed by atoms with van der Waals surface area (Å²) in [5.41, 5.74) is 0.592. The van der Waals surface area contributed by atoms with Crippen LogP contribution in [0, 0.1) is 0 Å². The topological polar surface area (TPSA) is 78.9 Å². The number of carbonyl (C=O) groups excluding carboxylic acids is 1. The van der Waals surface area contributed by atoms with Crippen molar-refractivity contribution in [3.8, 4) is 5.75 Å². The average Bonchev–Trinajstić information content (AvgIpc) is 3.14. The van der Waals surface area contributed by atoms with E-state index in [-0.39, 0.29) is 35.9 Å². The normalized spacial score (nSPS) is 10.3. The van der Waals surface area contributed by atoms with Crippen LogP contribution in [-0.4, -0.2) is 5.97 Å². The fraction of sp³-hybridized carbons (Fsp3) is 0.111. The van der Waals surface area contributed by atoms with E-state index in [9.17, 15) is 9.59 Å². The largest absolute Gasteiger partial charge is 0.482 e. The molecule has 0 N–H and O–H groups in total. The van der Waals surface area contributed by atoms with Gasteiger partial charge in [-0.2, -0.15) is 0 Å². The van der Waals surface area contributed by atoms with Gasteiger partial charge in [-0.05, 0) is 17.7 Å². The summed E-state index contributed by atoms with van der Waals surface area (Å²) in [5.74, 6) is -0.237. The van der Waals surface area contributed by atoms with Crippen molar-refractivity contribution < 1.29 is 23.1 Å². The van der Waals surface area contributed by atoms with E-state index >= 15 is 0 Å². The molecule has 0 bridgehead atoms. The van der Waals surface area contributed by atoms with Gasteiger partial charge in [0.05, 0.1) is 6.26 Å². The van der Waals surface area contributed by atoms with Crippen molar-refractivity contribution in [1.29, 1.82) is 0 Å². The van der Waals surface area contributed by atoms with Gasteiger partial charge in [0.1, 0.15) is 25.2 Å². The predicted molar refractivity (Wildman–Crippen MR) is 83.6 cm³/mol. The molecule has 24 heavy (non-hydrogen) atoms. The first-order chi connectivity index (χ1) is 11.7. The minimum atomic E-state index is -0.632. The Morgan fingerprint density at radius 1 is 1.00 bits per heavy atom. The second kappa shape index (κ2) is 7.32. The molecule has 6 heteroatoms. The summed E-state index contributed by atoms with van der Waals surface area (Å²) in [6.07, 6.45) is 2.58. The summed E-state index contributed by atoms with van der Waals surface area (Å²) in [4.78, 5) is 23.6. The second-order valence-electron chi connectivity index (χ2n) is 4.90. The molecule has 0 amide bonds. The van der Waals surface area contributed by atoms with Crippen LogP contribution in [0.1, 0.15) is 21.9 Å². The summed E-state index contributed by atoms with van der Waals surface area (Å²) in [6.45, 7) is 0.0894. The van der Waals surface area contributed by atoms with Crippen molar-refractivity contribution in [2.75, 3.05) is 0 Å². The van der Waals surface area contributed by atoms with Crippen molar-refractivity contribution in [3.05, 3.63) is 88.4 Å². The van der Waals surface area contributed by atoms with Crippen LogP contribution >= 0.6 is 0 Å². The highest BCUT2D eigenvalue weighted by Crippen LogP contribution is 2.11. The quantitative estimate of drug-likeness (QED) is 0.647. The molecular formula is C18H14O6. The smallest absolute Gasteiger partial charge is 0.374 e. The van der Waals surface area contributed by atoms with Crippen LogP contribution in [0.2, 0.25) is 0 Å². The Kier molecular flexibility index (Phi) is 4.76. The number of ether oxygens (including phenoxy) is 2. The number of rotatable bonds is 6. The Labute approximate surface area is 137 Å². The molecule has 0 radical (unpaired) electrons. The highest BCUT2D eigenvalue weighted by molar-refractivity contribution is 5.86. The molecule has 0 saturated carbocycles. The molecule has 1 aromatic carbocycles. The molecule has 122 valence electrons. The van der Waals surface area contributed by atoms with Crippen LogP contribution in [0.4, 0.5) is 0 Å². The molecule has 0 aliphatic carbocycles. The number of carbonyl (C=O) groups is 1. The first-order valence-electron chi connectivity index (χ1n) is 7.21. The van der Waals surface area contributed by atoms with Crippen LogP contribution in [0.15, 0.2) is 74.7 Å². The van der Waals surface area contributed by atoms with E-state index in [1.165, 1.54) is 24.7 Å². The van der Waals surface area contributed by atoms with Gasteiger partial charge < -0.3 is 18.3 Å². The lowest BCUT2D eigenvalue weighted by molar-refractivity contribution is 0.0406. The van der Waals surface area contributed by atoms with Crippen LogP contribution < -0.4 is 10.2 Å². The third-order valence-electron chi connectivity index (χ3n) is 3.16. The highest BCUT2D eigenvalue weighted by atomic mass is 16.6. The van der Waals surface area contributed by atoms with Crippen molar-refractivity contribution in [3.63, 3.8) is 0 Å². The summed E-state index contributed by atoms with van der Waals surface area (Å²) < 4.78 is 20.6. The number of furan rings is 1. The molecular weight excluding hydrogens is 312 g/mol. The fourth-order valence-electron chi connectivity index (χ4n) is 1.96. The van der Waals surface area contributed by atoms with Crippen LogP contribution in [0.5, 0.6) is 5.75 Å². The van der Waals surface area contributed by atoms with Crippen molar-refractivity contribution in [2.45, 2.75) is 13.2 Å². The molecule has 2 heterocycles. The maximum absolute atomic E-state index is 12.0. The molecule has 6 nitrogen and oxygen atoms in total. The molecule has 0 unspecified atom stereocenters. The average molecular weight is 326 g/mol. The summed E-state index contributed by atoms with van der Waals surface area (Å²) >= 11 is 0. The Morgan fingerprint density at radius 2 is 1.83 bits per heavy atom. The van der Waals surface area contributed by atoms with E-state index in [1.807, 2.05) is 30.3 Å². The van der Waals surface area contributed by atoms with E-state index in [2.05, 4.69) is 0 Å². The van der Waals surface area contributed by atoms with Gasteiger partial charge >= 0.3 is 5.97 Å². The number of hydrogen-bond acceptors (Lipinski definition) is 6. The number of esters is 1. The zero-order valence-electron chi connectivity index (χ0n) is 12.6. The monoisotopic (exact) mass is 326 g/mol. The minimum absolute atomic E-state index is 0.0835. The molecule has 2 aromatic heterocycles. The SMILES string of the molecule is O=C(OCc1cc(=O)c(OCc2ccccc2)co1)c1ccco1. The molecule has 0 aliphatic rings. The first kappa shape index (κ1) is 15.6. The van der Waals surface area contributed by atoms with E-state index < -0.39 is 5.97 Å². The van der Waals surface area contributed by atoms with Gasteiger partial charge in [-0.15, -0.1) is 0 Å². The maximum atomic E-state index is 12.0. The Hall–Kier alpha value is -3.28. The lowest BCUT2D eigenvalue weighted by Crippen LogP contribution is -2.10. The highest BCUT2D eigenvalue weighted by Gasteiger charge is 2.12. The summed E-state index contributed by atoms with van der Waals surface area (Å²) in [6, 6.07) is 13.8. The molecule has 0 atom stereocenters. The van der Waals surface area contributed by atoms with Crippen LogP contribution in [0.3, 0.4) is 0 Å². The molecule has 0 saturated heterocycles. The standard InChI is InChI=1S/C18H14O6/c19-15-9-14(11-24-18(20)16-7-4-8-21-16)22-12-17(15)23-10-13-5-2-1-3-6-13/h1-9,12H,10-11H2. The Morgan fingerprint density at radius 3 is 2.54 bits per heavy atom. The van der Waals surface area contributed by atoms with Crippen LogP contribution in [-0.2, 0) is 18.0 Å². The van der Waals surface area contributed by atoms with E-state index in [0.717, 1.165) is 5.56 Å². The summed E-state index contributed by atoms with van der Waals surface area (Å²) in [5, 5.41) is 0. The van der Waals surface area contributed by atoms with Gasteiger partial charge in [0.15, 0.2) is 0 Å². The fourth-order valence-corrected chi connectivity index (χ4v) is 1.96. The van der Waals surface area contributed by atoms with Gasteiger partial charge in [0.2, 0.25) is 16.9 Å². The van der Waals surface area contributed by atoms with Gasteiger partial charge in [-0.3, -0.25) is 4.79 Å². The van der Waals surface area contributed by atoms with Gasteiger partial charge in [0, 0.05) is 6.07 Å². The lowest BCUT2D eigenvalue weighted by atomic mass is 10.2. The Bertz CT molecular complexity index is 849. The van der Waals surface area contributed by atoms with Gasteiger partial charge in [-0.1, -0.05) is 30.3 Å². The zero-order valence-corrected chi connectivity index (χ0v) is 12.6. The maximum Gasteiger partial charge on any atom is 0.374 e. The van der Waals surface area contributed by atoms with E-state index in [0.29, 0.717) is 0 Å². The third-order valence-corrected chi connectivity index (χ3v) is 3.16. The minimum Gasteiger partial charge on any atom is -0.482 e. The first-order valence-corrected chi connectivity index (χ1v) is 7.21. The predicted octanol–water partition coefficient (Wildman–Crippen LogP) is 3.17. The number of benzene rings is 1.